The summed E-state index contributed by atoms with van der Waals surface area (Å²) in [5.41, 5.74) is 5.36. The molecule has 0 saturated heterocycles. The van der Waals surface area contributed by atoms with E-state index < -0.39 is 28.8 Å². The van der Waals surface area contributed by atoms with Crippen molar-refractivity contribution in [1.82, 2.24) is 0 Å². The topological polar surface area (TPSA) is 43.1 Å². The second-order valence-corrected chi connectivity index (χ2v) is 4.67. The van der Waals surface area contributed by atoms with Crippen molar-refractivity contribution in [3.05, 3.63) is 63.4 Å². The van der Waals surface area contributed by atoms with Crippen LogP contribution < -0.4 is 5.73 Å². The molecule has 0 aliphatic carbocycles. The zero-order valence-corrected chi connectivity index (χ0v) is 11.0. The fourth-order valence-corrected chi connectivity index (χ4v) is 1.99. The molecular weight excluding hydrogens is 323 g/mol. The van der Waals surface area contributed by atoms with Crippen LogP contribution in [0.25, 0.3) is 0 Å². The SMILES string of the molecule is Nc1ccc(Br)c(C(=O)c2cc(F)c(F)cc2F)c1. The third-order valence-electron chi connectivity index (χ3n) is 2.49. The molecule has 0 saturated carbocycles. The number of carbonyl (C=O) groups excluding carboxylic acids is 1. The van der Waals surface area contributed by atoms with Gasteiger partial charge in [-0.2, -0.15) is 0 Å². The van der Waals surface area contributed by atoms with E-state index in [1.165, 1.54) is 12.1 Å². The number of carbonyl (C=O) groups is 1. The van der Waals surface area contributed by atoms with Gasteiger partial charge in [0.15, 0.2) is 17.4 Å². The fraction of sp³-hybridized carbons (Fsp3) is 0. The number of ketones is 1. The van der Waals surface area contributed by atoms with E-state index in [0.29, 0.717) is 22.3 Å². The average Bonchev–Trinajstić information content (AvgIpc) is 2.36. The van der Waals surface area contributed by atoms with Crippen LogP contribution in [0.1, 0.15) is 15.9 Å². The van der Waals surface area contributed by atoms with Crippen LogP contribution in [0, 0.1) is 17.5 Å². The number of nitrogen functional groups attached to an aromatic ring is 1. The molecule has 0 amide bonds. The number of hydrogen-bond acceptors (Lipinski definition) is 2. The summed E-state index contributed by atoms with van der Waals surface area (Å²) in [5.74, 6) is -4.54. The van der Waals surface area contributed by atoms with E-state index >= 15 is 0 Å². The van der Waals surface area contributed by atoms with Crippen LogP contribution in [0.5, 0.6) is 0 Å². The molecule has 0 bridgehead atoms. The summed E-state index contributed by atoms with van der Waals surface area (Å²) in [6.07, 6.45) is 0. The van der Waals surface area contributed by atoms with Gasteiger partial charge in [0.05, 0.1) is 5.56 Å². The molecule has 0 radical (unpaired) electrons. The molecule has 2 N–H and O–H groups in total. The van der Waals surface area contributed by atoms with E-state index in [-0.39, 0.29) is 5.56 Å². The Kier molecular flexibility index (Phi) is 3.61. The normalized spacial score (nSPS) is 10.5. The maximum absolute atomic E-state index is 13.5. The zero-order valence-electron chi connectivity index (χ0n) is 9.38. The summed E-state index contributed by atoms with van der Waals surface area (Å²) in [4.78, 5) is 12.1. The van der Waals surface area contributed by atoms with Gasteiger partial charge in [0.2, 0.25) is 0 Å². The minimum atomic E-state index is -1.35. The third-order valence-corrected chi connectivity index (χ3v) is 3.18. The number of benzene rings is 2. The molecule has 0 aromatic heterocycles. The summed E-state index contributed by atoms with van der Waals surface area (Å²) in [7, 11) is 0. The highest BCUT2D eigenvalue weighted by Gasteiger charge is 2.19. The maximum atomic E-state index is 13.5. The number of rotatable bonds is 2. The van der Waals surface area contributed by atoms with Gasteiger partial charge in [0.25, 0.3) is 0 Å². The van der Waals surface area contributed by atoms with Crippen molar-refractivity contribution < 1.29 is 18.0 Å². The molecule has 2 aromatic rings. The Bertz CT molecular complexity index is 673. The molecule has 0 spiro atoms. The summed E-state index contributed by atoms with van der Waals surface area (Å²) >= 11 is 3.12. The smallest absolute Gasteiger partial charge is 0.197 e. The van der Waals surface area contributed by atoms with Crippen LogP contribution in [0.2, 0.25) is 0 Å². The van der Waals surface area contributed by atoms with Crippen molar-refractivity contribution in [3.8, 4) is 0 Å². The van der Waals surface area contributed by atoms with Crippen molar-refractivity contribution in [1.29, 1.82) is 0 Å². The lowest BCUT2D eigenvalue weighted by atomic mass is 10.0. The minimum Gasteiger partial charge on any atom is -0.399 e. The molecule has 19 heavy (non-hydrogen) atoms. The molecule has 0 atom stereocenters. The number of halogens is 4. The standard InChI is InChI=1S/C13H7BrF3NO/c14-9-2-1-6(18)3-7(9)13(19)8-4-11(16)12(17)5-10(8)15/h1-5H,18H2. The first-order valence-electron chi connectivity index (χ1n) is 5.14. The number of hydrogen-bond donors (Lipinski definition) is 1. The van der Waals surface area contributed by atoms with Gasteiger partial charge in [-0.3, -0.25) is 4.79 Å². The van der Waals surface area contributed by atoms with E-state index in [4.69, 9.17) is 5.73 Å². The van der Waals surface area contributed by atoms with E-state index in [9.17, 15) is 18.0 Å². The molecule has 6 heteroatoms. The summed E-state index contributed by atoms with van der Waals surface area (Å²) in [6.45, 7) is 0. The molecule has 0 heterocycles. The Hall–Kier alpha value is -1.82. The highest BCUT2D eigenvalue weighted by Crippen LogP contribution is 2.24. The van der Waals surface area contributed by atoms with E-state index in [1.54, 1.807) is 6.07 Å². The van der Waals surface area contributed by atoms with Crippen LogP contribution in [-0.4, -0.2) is 5.78 Å². The lowest BCUT2D eigenvalue weighted by Crippen LogP contribution is -2.07. The van der Waals surface area contributed by atoms with E-state index in [0.717, 1.165) is 0 Å². The first-order valence-corrected chi connectivity index (χ1v) is 5.93. The Morgan fingerprint density at radius 1 is 0.947 bits per heavy atom. The van der Waals surface area contributed by atoms with Gasteiger partial charge >= 0.3 is 0 Å². The van der Waals surface area contributed by atoms with Crippen LogP contribution in [0.4, 0.5) is 18.9 Å². The Morgan fingerprint density at radius 3 is 2.26 bits per heavy atom. The molecule has 0 unspecified atom stereocenters. The Balaban J connectivity index is 2.56. The van der Waals surface area contributed by atoms with Crippen LogP contribution in [0.15, 0.2) is 34.8 Å². The lowest BCUT2D eigenvalue weighted by molar-refractivity contribution is 0.103. The maximum Gasteiger partial charge on any atom is 0.197 e. The first-order chi connectivity index (χ1) is 8.90. The average molecular weight is 330 g/mol. The first kappa shape index (κ1) is 13.6. The second kappa shape index (κ2) is 5.05. The fourth-order valence-electron chi connectivity index (χ4n) is 1.56. The zero-order chi connectivity index (χ0) is 14.2. The van der Waals surface area contributed by atoms with Crippen LogP contribution >= 0.6 is 15.9 Å². The van der Waals surface area contributed by atoms with Crippen molar-refractivity contribution in [2.24, 2.45) is 0 Å². The third kappa shape index (κ3) is 2.63. The minimum absolute atomic E-state index is 0.0740. The Morgan fingerprint density at radius 2 is 1.58 bits per heavy atom. The molecular formula is C13H7BrF3NO. The van der Waals surface area contributed by atoms with E-state index in [2.05, 4.69) is 15.9 Å². The molecule has 0 aliphatic rings. The van der Waals surface area contributed by atoms with Crippen molar-refractivity contribution in [2.75, 3.05) is 5.73 Å². The lowest BCUT2D eigenvalue weighted by Gasteiger charge is -2.06. The van der Waals surface area contributed by atoms with Gasteiger partial charge in [-0.15, -0.1) is 0 Å². The monoisotopic (exact) mass is 329 g/mol. The highest BCUT2D eigenvalue weighted by molar-refractivity contribution is 9.10. The van der Waals surface area contributed by atoms with Gasteiger partial charge < -0.3 is 5.73 Å². The molecule has 0 aliphatic heterocycles. The molecule has 0 fully saturated rings. The molecule has 2 aromatic carbocycles. The van der Waals surface area contributed by atoms with Gasteiger partial charge in [0, 0.05) is 21.8 Å². The predicted molar refractivity (Wildman–Crippen MR) is 68.3 cm³/mol. The van der Waals surface area contributed by atoms with Crippen molar-refractivity contribution >= 4 is 27.4 Å². The van der Waals surface area contributed by atoms with Crippen molar-refractivity contribution in [3.63, 3.8) is 0 Å². The van der Waals surface area contributed by atoms with Crippen molar-refractivity contribution in [2.45, 2.75) is 0 Å². The number of anilines is 1. The van der Waals surface area contributed by atoms with Crippen LogP contribution in [0.3, 0.4) is 0 Å². The van der Waals surface area contributed by atoms with Crippen LogP contribution in [-0.2, 0) is 0 Å². The largest absolute Gasteiger partial charge is 0.399 e. The summed E-state index contributed by atoms with van der Waals surface area (Å²) in [6, 6.07) is 5.25. The highest BCUT2D eigenvalue weighted by atomic mass is 79.9. The molecule has 2 nitrogen and oxygen atoms in total. The number of nitrogens with two attached hydrogens (primary N) is 1. The quantitative estimate of drug-likeness (QED) is 0.519. The molecule has 98 valence electrons. The Labute approximate surface area is 115 Å². The summed E-state index contributed by atoms with van der Waals surface area (Å²) in [5, 5.41) is 0. The van der Waals surface area contributed by atoms with Gasteiger partial charge in [-0.05, 0) is 24.3 Å². The van der Waals surface area contributed by atoms with Gasteiger partial charge in [-0.25, -0.2) is 13.2 Å². The second-order valence-electron chi connectivity index (χ2n) is 3.81. The predicted octanol–water partition coefficient (Wildman–Crippen LogP) is 3.68. The van der Waals surface area contributed by atoms with Gasteiger partial charge in [0.1, 0.15) is 5.82 Å². The summed E-state index contributed by atoms with van der Waals surface area (Å²) < 4.78 is 39.8. The van der Waals surface area contributed by atoms with E-state index in [1.807, 2.05) is 0 Å². The molecule has 2 rings (SSSR count). The van der Waals surface area contributed by atoms with Gasteiger partial charge in [-0.1, -0.05) is 15.9 Å².